The van der Waals surface area contributed by atoms with Gasteiger partial charge in [-0.15, -0.1) is 12.6 Å². The summed E-state index contributed by atoms with van der Waals surface area (Å²) in [4.78, 5) is 11.8. The lowest BCUT2D eigenvalue weighted by molar-refractivity contribution is 0.117. The lowest BCUT2D eigenvalue weighted by Gasteiger charge is -2.23. The Hall–Kier alpha value is -1.87. The molecule has 0 bridgehead atoms. The molecule has 1 amide bonds. The number of benzene rings is 2. The third kappa shape index (κ3) is 15.1. The van der Waals surface area contributed by atoms with Gasteiger partial charge in [-0.05, 0) is 73.1 Å². The van der Waals surface area contributed by atoms with E-state index in [1.165, 1.54) is 24.3 Å². The smallest absolute Gasteiger partial charge is 0.404 e. The maximum absolute atomic E-state index is 10.8. The highest BCUT2D eigenvalue weighted by Gasteiger charge is 2.21. The number of thioether (sulfide) groups is 1. The van der Waals surface area contributed by atoms with Crippen LogP contribution in [-0.2, 0) is 6.42 Å². The van der Waals surface area contributed by atoms with Crippen LogP contribution in [0.25, 0.3) is 0 Å². The van der Waals surface area contributed by atoms with E-state index in [1.807, 2.05) is 54.6 Å². The van der Waals surface area contributed by atoms with Crippen molar-refractivity contribution in [1.82, 2.24) is 10.6 Å². The molecule has 0 aliphatic carbocycles. The first kappa shape index (κ1) is 30.2. The Kier molecular flexibility index (Phi) is 16.4. The molecule has 1 heterocycles. The maximum Gasteiger partial charge on any atom is 0.404 e. The first-order valence-electron chi connectivity index (χ1n) is 11.6. The van der Waals surface area contributed by atoms with Crippen molar-refractivity contribution in [2.24, 2.45) is 5.92 Å². The summed E-state index contributed by atoms with van der Waals surface area (Å²) < 4.78 is 4.94. The van der Waals surface area contributed by atoms with Crippen molar-refractivity contribution in [3.05, 3.63) is 60.2 Å². The van der Waals surface area contributed by atoms with Crippen LogP contribution in [0.1, 0.15) is 32.3 Å². The second-order valence-corrected chi connectivity index (χ2v) is 10.1. The van der Waals surface area contributed by atoms with Gasteiger partial charge in [0.05, 0.1) is 19.3 Å². The molecular formula is C26H40N2O4S2. The van der Waals surface area contributed by atoms with E-state index in [1.54, 1.807) is 7.11 Å². The Morgan fingerprint density at radius 2 is 1.68 bits per heavy atom. The zero-order valence-electron chi connectivity index (χ0n) is 20.4. The van der Waals surface area contributed by atoms with E-state index < -0.39 is 18.2 Å². The van der Waals surface area contributed by atoms with Gasteiger partial charge in [0.15, 0.2) is 0 Å². The highest BCUT2D eigenvalue weighted by molar-refractivity contribution is 7.99. The molecule has 2 aromatic rings. The van der Waals surface area contributed by atoms with Crippen LogP contribution < -0.4 is 15.4 Å². The van der Waals surface area contributed by atoms with Crippen molar-refractivity contribution in [2.45, 2.75) is 50.2 Å². The third-order valence-corrected chi connectivity index (χ3v) is 6.33. The Morgan fingerprint density at radius 1 is 1.06 bits per heavy atom. The van der Waals surface area contributed by atoms with Gasteiger partial charge in [-0.1, -0.05) is 44.2 Å². The Bertz CT molecular complexity index is 765. The number of carbonyl (C=O) groups is 1. The number of aliphatic hydroxyl groups excluding tert-OH is 1. The quantitative estimate of drug-likeness (QED) is 0.307. The molecular weight excluding hydrogens is 468 g/mol. The minimum Gasteiger partial charge on any atom is -0.497 e. The fraction of sp³-hybridized carbons (Fsp3) is 0.500. The average Bonchev–Trinajstić information content (AvgIpc) is 3.40. The number of hydrogen-bond donors (Lipinski definition) is 5. The molecule has 0 aromatic heterocycles. The highest BCUT2D eigenvalue weighted by atomic mass is 32.2. The molecule has 2 unspecified atom stereocenters. The number of aliphatic hydroxyl groups is 1. The summed E-state index contributed by atoms with van der Waals surface area (Å²) in [6.45, 7) is 5.32. The Balaban J connectivity index is 0.000000333. The lowest BCUT2D eigenvalue weighted by atomic mass is 10.0. The molecule has 2 aromatic carbocycles. The summed E-state index contributed by atoms with van der Waals surface area (Å²) in [5.74, 6) is 4.19. The van der Waals surface area contributed by atoms with Gasteiger partial charge in [-0.25, -0.2) is 4.79 Å². The number of methoxy groups -OCH3 is 1. The number of ether oxygens (including phenoxy) is 1. The van der Waals surface area contributed by atoms with Crippen LogP contribution in [0.5, 0.6) is 5.75 Å². The molecule has 34 heavy (non-hydrogen) atoms. The van der Waals surface area contributed by atoms with E-state index in [0.29, 0.717) is 18.9 Å². The van der Waals surface area contributed by atoms with E-state index in [-0.39, 0.29) is 0 Å². The molecule has 1 aliphatic heterocycles. The van der Waals surface area contributed by atoms with Crippen LogP contribution >= 0.6 is 24.4 Å². The number of amides is 1. The van der Waals surface area contributed by atoms with E-state index in [0.717, 1.165) is 22.8 Å². The minimum absolute atomic E-state index is 0.371. The van der Waals surface area contributed by atoms with Crippen molar-refractivity contribution in [2.75, 3.05) is 31.7 Å². The third-order valence-electron chi connectivity index (χ3n) is 4.88. The second kappa shape index (κ2) is 18.5. The fourth-order valence-corrected chi connectivity index (χ4v) is 4.23. The molecule has 0 saturated carbocycles. The van der Waals surface area contributed by atoms with Crippen LogP contribution in [-0.4, -0.2) is 60.2 Å². The van der Waals surface area contributed by atoms with Gasteiger partial charge in [0.25, 0.3) is 0 Å². The largest absolute Gasteiger partial charge is 0.497 e. The monoisotopic (exact) mass is 508 g/mol. The summed E-state index contributed by atoms with van der Waals surface area (Å²) >= 11 is 6.19. The molecule has 3 rings (SSSR count). The van der Waals surface area contributed by atoms with E-state index in [2.05, 4.69) is 48.9 Å². The normalized spacial score (nSPS) is 14.2. The zero-order chi connectivity index (χ0) is 25.2. The van der Waals surface area contributed by atoms with Crippen molar-refractivity contribution in [1.29, 1.82) is 0 Å². The Labute approximate surface area is 214 Å². The van der Waals surface area contributed by atoms with Crippen LogP contribution in [0.4, 0.5) is 4.79 Å². The molecule has 4 N–H and O–H groups in total. The van der Waals surface area contributed by atoms with Gasteiger partial charge < -0.3 is 25.6 Å². The summed E-state index contributed by atoms with van der Waals surface area (Å²) in [5.41, 5.74) is 0.995. The molecule has 0 spiro atoms. The van der Waals surface area contributed by atoms with Crippen molar-refractivity contribution < 1.29 is 19.7 Å². The van der Waals surface area contributed by atoms with E-state index in [4.69, 9.17) is 9.84 Å². The molecule has 190 valence electrons. The summed E-state index contributed by atoms with van der Waals surface area (Å²) in [6, 6.07) is 16.6. The molecule has 2 atom stereocenters. The number of carboxylic acid groups (broad SMARTS) is 1. The topological polar surface area (TPSA) is 90.8 Å². The van der Waals surface area contributed by atoms with Crippen LogP contribution in [0.2, 0.25) is 0 Å². The Morgan fingerprint density at radius 3 is 2.15 bits per heavy atom. The van der Waals surface area contributed by atoms with Gasteiger partial charge in [0, 0.05) is 11.4 Å². The van der Waals surface area contributed by atoms with E-state index in [9.17, 15) is 9.90 Å². The van der Waals surface area contributed by atoms with Crippen molar-refractivity contribution in [3.63, 3.8) is 0 Å². The van der Waals surface area contributed by atoms with Gasteiger partial charge >= 0.3 is 6.09 Å². The highest BCUT2D eigenvalue weighted by Crippen LogP contribution is 2.15. The number of rotatable bonds is 9. The first-order chi connectivity index (χ1) is 16.3. The maximum atomic E-state index is 10.8. The zero-order valence-corrected chi connectivity index (χ0v) is 22.2. The molecule has 1 saturated heterocycles. The van der Waals surface area contributed by atoms with Gasteiger partial charge in [0.2, 0.25) is 0 Å². The summed E-state index contributed by atoms with van der Waals surface area (Å²) in [5, 5.41) is 24.6. The SMILES string of the molecule is C1CCSC1.CC(C)CNCC(O)C(Cc1ccccc1)NC(=O)O.COc1ccc(S)cc1. The fourth-order valence-electron chi connectivity index (χ4n) is 3.06. The molecule has 0 radical (unpaired) electrons. The predicted octanol–water partition coefficient (Wildman–Crippen LogP) is 4.97. The molecule has 8 heteroatoms. The van der Waals surface area contributed by atoms with Crippen molar-refractivity contribution >= 4 is 30.5 Å². The van der Waals surface area contributed by atoms with Crippen LogP contribution in [0.15, 0.2) is 59.5 Å². The van der Waals surface area contributed by atoms with E-state index >= 15 is 0 Å². The molecule has 1 fully saturated rings. The van der Waals surface area contributed by atoms with Gasteiger partial charge in [-0.2, -0.15) is 11.8 Å². The predicted molar refractivity (Wildman–Crippen MR) is 146 cm³/mol. The molecule has 1 aliphatic rings. The summed E-state index contributed by atoms with van der Waals surface area (Å²) in [6.07, 6.45) is 1.52. The number of thiol groups is 1. The number of hydrogen-bond acceptors (Lipinski definition) is 6. The molecule has 6 nitrogen and oxygen atoms in total. The summed E-state index contributed by atoms with van der Waals surface area (Å²) in [7, 11) is 1.65. The van der Waals surface area contributed by atoms with Gasteiger partial charge in [-0.3, -0.25) is 0 Å². The van der Waals surface area contributed by atoms with Gasteiger partial charge in [0.1, 0.15) is 5.75 Å². The van der Waals surface area contributed by atoms with Crippen LogP contribution in [0.3, 0.4) is 0 Å². The first-order valence-corrected chi connectivity index (χ1v) is 13.2. The minimum atomic E-state index is -1.12. The van der Waals surface area contributed by atoms with Crippen LogP contribution in [0, 0.1) is 5.92 Å². The van der Waals surface area contributed by atoms with Crippen molar-refractivity contribution in [3.8, 4) is 5.75 Å². The lowest BCUT2D eigenvalue weighted by Crippen LogP contribution is -2.48. The average molecular weight is 509 g/mol. The standard InChI is InChI=1S/C15H24N2O3.C7H8OS.C4H8S/c1-11(2)9-16-10-14(18)13(17-15(19)20)8-12-6-4-3-5-7-12;1-8-6-2-4-7(9)5-3-6;1-2-4-5-3-1/h3-7,11,13-14,16-18H,8-10H2,1-2H3,(H,19,20);2-5,9H,1H3;1-4H2. The number of nitrogens with one attached hydrogen (secondary N) is 2. The second-order valence-electron chi connectivity index (χ2n) is 8.38.